The molecule has 8 nitrogen and oxygen atoms in total. The van der Waals surface area contributed by atoms with Crippen molar-refractivity contribution in [2.45, 2.75) is 32.7 Å². The van der Waals surface area contributed by atoms with Gasteiger partial charge in [0.05, 0.1) is 6.61 Å². The number of amides is 2. The predicted octanol–water partition coefficient (Wildman–Crippen LogP) is 1.51. The van der Waals surface area contributed by atoms with Crippen molar-refractivity contribution in [3.05, 3.63) is 46.1 Å². The molecule has 2 rings (SSSR count). The second kappa shape index (κ2) is 9.63. The van der Waals surface area contributed by atoms with Gasteiger partial charge in [-0.2, -0.15) is 0 Å². The summed E-state index contributed by atoms with van der Waals surface area (Å²) in [6.07, 6.45) is -0.0287. The molecule has 0 saturated carbocycles. The van der Waals surface area contributed by atoms with E-state index in [1.54, 1.807) is 13.8 Å². The zero-order valence-corrected chi connectivity index (χ0v) is 15.5. The molecule has 2 N–H and O–H groups in total. The number of rotatable bonds is 8. The second-order valence-corrected chi connectivity index (χ2v) is 5.90. The van der Waals surface area contributed by atoms with Gasteiger partial charge in [-0.3, -0.25) is 9.59 Å². The first-order valence-electron chi connectivity index (χ1n) is 8.83. The maximum atomic E-state index is 13.4. The maximum Gasteiger partial charge on any atom is 0.349 e. The highest BCUT2D eigenvalue weighted by atomic mass is 19.1. The van der Waals surface area contributed by atoms with Crippen molar-refractivity contribution in [2.24, 2.45) is 0 Å². The van der Waals surface area contributed by atoms with E-state index in [9.17, 15) is 23.6 Å². The van der Waals surface area contributed by atoms with Gasteiger partial charge in [-0.1, -0.05) is 0 Å². The van der Waals surface area contributed by atoms with Crippen LogP contribution in [0.1, 0.15) is 37.0 Å². The lowest BCUT2D eigenvalue weighted by Gasteiger charge is -2.17. The molecule has 0 spiro atoms. The smallest absolute Gasteiger partial charge is 0.349 e. The third-order valence-electron chi connectivity index (χ3n) is 3.85. The fourth-order valence-corrected chi connectivity index (χ4v) is 2.54. The molecule has 0 unspecified atom stereocenters. The molecule has 0 saturated heterocycles. The van der Waals surface area contributed by atoms with Crippen LogP contribution in [0.2, 0.25) is 0 Å². The van der Waals surface area contributed by atoms with E-state index >= 15 is 0 Å². The largest absolute Gasteiger partial charge is 0.464 e. The molecule has 9 heteroatoms. The van der Waals surface area contributed by atoms with Gasteiger partial charge >= 0.3 is 11.6 Å². The van der Waals surface area contributed by atoms with Gasteiger partial charge in [-0.25, -0.2) is 14.0 Å². The van der Waals surface area contributed by atoms with Crippen molar-refractivity contribution in [1.82, 2.24) is 10.6 Å². The lowest BCUT2D eigenvalue weighted by molar-refractivity contribution is -0.145. The van der Waals surface area contributed by atoms with E-state index in [0.29, 0.717) is 6.54 Å². The standard InChI is InChI=1S/C19H21FN2O6/c1-3-21-16(23)8-6-14(19(26)27-4-2)22-17(24)13-10-11-9-12(20)5-7-15(11)28-18(13)25/h5,7,9-10,14H,3-4,6,8H2,1-2H3,(H,21,23)(H,22,24)/t14-/m0/s1. The average molecular weight is 392 g/mol. The second-order valence-electron chi connectivity index (χ2n) is 5.90. The molecular weight excluding hydrogens is 371 g/mol. The first kappa shape index (κ1) is 21.1. The Labute approximate surface area is 160 Å². The maximum absolute atomic E-state index is 13.4. The molecule has 0 aliphatic rings. The van der Waals surface area contributed by atoms with Gasteiger partial charge in [-0.05, 0) is 44.5 Å². The van der Waals surface area contributed by atoms with E-state index in [4.69, 9.17) is 9.15 Å². The summed E-state index contributed by atoms with van der Waals surface area (Å²) in [5.74, 6) is -2.45. The highest BCUT2D eigenvalue weighted by molar-refractivity contribution is 5.98. The lowest BCUT2D eigenvalue weighted by Crippen LogP contribution is -2.43. The van der Waals surface area contributed by atoms with Crippen LogP contribution < -0.4 is 16.3 Å². The van der Waals surface area contributed by atoms with Gasteiger partial charge < -0.3 is 19.8 Å². The molecule has 0 bridgehead atoms. The molecule has 0 fully saturated rings. The van der Waals surface area contributed by atoms with Crippen LogP contribution in [0.25, 0.3) is 11.0 Å². The number of benzene rings is 1. The fourth-order valence-electron chi connectivity index (χ4n) is 2.54. The lowest BCUT2D eigenvalue weighted by atomic mass is 10.1. The molecule has 1 aromatic carbocycles. The van der Waals surface area contributed by atoms with Crippen LogP contribution in [0.4, 0.5) is 4.39 Å². The van der Waals surface area contributed by atoms with Crippen LogP contribution in [0, 0.1) is 5.82 Å². The molecule has 0 radical (unpaired) electrons. The van der Waals surface area contributed by atoms with Gasteiger partial charge in [0.15, 0.2) is 0 Å². The summed E-state index contributed by atoms with van der Waals surface area (Å²) in [6, 6.07) is 3.58. The Balaban J connectivity index is 2.22. The average Bonchev–Trinajstić information content (AvgIpc) is 2.65. The van der Waals surface area contributed by atoms with Crippen molar-refractivity contribution in [2.75, 3.05) is 13.2 Å². The Bertz CT molecular complexity index is 940. The topological polar surface area (TPSA) is 115 Å². The normalized spacial score (nSPS) is 11.7. The minimum absolute atomic E-state index is 0.00997. The minimum atomic E-state index is -1.13. The minimum Gasteiger partial charge on any atom is -0.464 e. The zero-order valence-electron chi connectivity index (χ0n) is 15.5. The molecule has 150 valence electrons. The number of hydrogen-bond acceptors (Lipinski definition) is 6. The van der Waals surface area contributed by atoms with Crippen molar-refractivity contribution in [1.29, 1.82) is 0 Å². The summed E-state index contributed by atoms with van der Waals surface area (Å²) in [4.78, 5) is 48.3. The molecule has 28 heavy (non-hydrogen) atoms. The third kappa shape index (κ3) is 5.38. The summed E-state index contributed by atoms with van der Waals surface area (Å²) >= 11 is 0. The van der Waals surface area contributed by atoms with Crippen LogP contribution in [0.5, 0.6) is 0 Å². The van der Waals surface area contributed by atoms with E-state index in [0.717, 1.165) is 12.1 Å². The van der Waals surface area contributed by atoms with Crippen LogP contribution in [0.3, 0.4) is 0 Å². The molecule has 1 heterocycles. The summed E-state index contributed by atoms with van der Waals surface area (Å²) < 4.78 is 23.3. The molecular formula is C19H21FN2O6. The Morgan fingerprint density at radius 3 is 2.64 bits per heavy atom. The van der Waals surface area contributed by atoms with Gasteiger partial charge in [0.1, 0.15) is 23.0 Å². The van der Waals surface area contributed by atoms with Crippen LogP contribution >= 0.6 is 0 Å². The van der Waals surface area contributed by atoms with E-state index in [1.807, 2.05) is 0 Å². The Kier molecular flexibility index (Phi) is 7.25. The van der Waals surface area contributed by atoms with Crippen molar-refractivity contribution in [3.8, 4) is 0 Å². The summed E-state index contributed by atoms with van der Waals surface area (Å²) in [7, 11) is 0. The summed E-state index contributed by atoms with van der Waals surface area (Å²) in [5.41, 5.74) is -1.19. The van der Waals surface area contributed by atoms with Crippen molar-refractivity contribution >= 4 is 28.8 Å². The van der Waals surface area contributed by atoms with Crippen LogP contribution in [-0.4, -0.2) is 37.0 Å². The molecule has 0 aliphatic heterocycles. The number of nitrogens with one attached hydrogen (secondary N) is 2. The number of hydrogen-bond donors (Lipinski definition) is 2. The van der Waals surface area contributed by atoms with E-state index in [2.05, 4.69) is 10.6 Å². The number of esters is 1. The van der Waals surface area contributed by atoms with Gasteiger partial charge in [0.2, 0.25) is 5.91 Å². The predicted molar refractivity (Wildman–Crippen MR) is 98.2 cm³/mol. The molecule has 2 aromatic rings. The highest BCUT2D eigenvalue weighted by Gasteiger charge is 2.25. The molecule has 2 amide bonds. The van der Waals surface area contributed by atoms with Gasteiger partial charge in [-0.15, -0.1) is 0 Å². The Hall–Kier alpha value is -3.23. The Morgan fingerprint density at radius 2 is 1.96 bits per heavy atom. The quantitative estimate of drug-likeness (QED) is 0.520. The number of ether oxygens (including phenoxy) is 1. The summed E-state index contributed by atoms with van der Waals surface area (Å²) in [6.45, 7) is 3.88. The van der Waals surface area contributed by atoms with Crippen molar-refractivity contribution in [3.63, 3.8) is 0 Å². The van der Waals surface area contributed by atoms with E-state index in [-0.39, 0.29) is 41.9 Å². The fraction of sp³-hybridized carbons (Fsp3) is 0.368. The highest BCUT2D eigenvalue weighted by Crippen LogP contribution is 2.15. The number of halogens is 1. The molecule has 1 atom stereocenters. The zero-order chi connectivity index (χ0) is 20.7. The van der Waals surface area contributed by atoms with Gasteiger partial charge in [0, 0.05) is 18.4 Å². The van der Waals surface area contributed by atoms with Gasteiger partial charge in [0.25, 0.3) is 5.91 Å². The first-order chi connectivity index (χ1) is 13.3. The monoisotopic (exact) mass is 392 g/mol. The SMILES string of the molecule is CCNC(=O)CC[C@H](NC(=O)c1cc2cc(F)ccc2oc1=O)C(=O)OCC. The van der Waals surface area contributed by atoms with Crippen LogP contribution in [0.15, 0.2) is 33.5 Å². The molecule has 1 aromatic heterocycles. The first-order valence-corrected chi connectivity index (χ1v) is 8.83. The Morgan fingerprint density at radius 1 is 1.21 bits per heavy atom. The number of fused-ring (bicyclic) bond motifs is 1. The van der Waals surface area contributed by atoms with E-state index in [1.165, 1.54) is 12.1 Å². The van der Waals surface area contributed by atoms with Crippen molar-refractivity contribution < 1.29 is 27.9 Å². The van der Waals surface area contributed by atoms with Crippen LogP contribution in [-0.2, 0) is 14.3 Å². The summed E-state index contributed by atoms with van der Waals surface area (Å²) in [5, 5.41) is 5.20. The number of carbonyl (C=O) groups is 3. The third-order valence-corrected chi connectivity index (χ3v) is 3.85. The number of carbonyl (C=O) groups excluding carboxylic acids is 3. The molecule has 0 aliphatic carbocycles. The van der Waals surface area contributed by atoms with E-state index < -0.39 is 29.4 Å².